The third-order valence-electron chi connectivity index (χ3n) is 21.4. The minimum atomic E-state index is -0.598. The van der Waals surface area contributed by atoms with Crippen molar-refractivity contribution in [2.45, 2.75) is 16.2 Å². The number of hydrogen-bond acceptors (Lipinski definition) is 1. The first-order chi connectivity index (χ1) is 49.6. The third-order valence-corrected chi connectivity index (χ3v) is 21.4. The Morgan fingerprint density at radius 3 is 0.580 bits per heavy atom. The van der Waals surface area contributed by atoms with E-state index in [1.165, 1.54) is 117 Å². The summed E-state index contributed by atoms with van der Waals surface area (Å²) in [5, 5.41) is 0. The fourth-order valence-electron chi connectivity index (χ4n) is 17.2. The van der Waals surface area contributed by atoms with E-state index in [0.29, 0.717) is 0 Å². The summed E-state index contributed by atoms with van der Waals surface area (Å²) in [6.45, 7) is 0. The van der Waals surface area contributed by atoms with Gasteiger partial charge in [-0.2, -0.15) is 0 Å². The summed E-state index contributed by atoms with van der Waals surface area (Å²) >= 11 is 0. The SMILES string of the molecule is C1=C(c2ccc(N(c3ccc(C4=Cc5ccccc5C(c5ccccc5)(c5ccccc5)c5ccccc54)cc3)c3ccc(C4=Cc5ccccc5C(c5ccccc5)(c5ccccc5)c5ccccc54)cc3)cc2)c2ccccc2C(c2ccccc2)(c2ccccc2)c2ccccc21. The average Bonchev–Trinajstić information content (AvgIpc) is 1.43. The predicted octanol–water partition coefficient (Wildman–Crippen LogP) is 24.0. The van der Waals surface area contributed by atoms with Gasteiger partial charge in [-0.3, -0.25) is 0 Å². The van der Waals surface area contributed by atoms with Gasteiger partial charge in [-0.05, 0) is 188 Å². The van der Waals surface area contributed by atoms with Gasteiger partial charge in [0.05, 0.1) is 16.2 Å². The van der Waals surface area contributed by atoms with Gasteiger partial charge in [-0.1, -0.05) is 364 Å². The van der Waals surface area contributed by atoms with Crippen molar-refractivity contribution in [3.05, 3.63) is 517 Å². The molecule has 0 aromatic heterocycles. The van der Waals surface area contributed by atoms with Crippen molar-refractivity contribution in [2.24, 2.45) is 0 Å². The average molecular weight is 1270 g/mol. The van der Waals surface area contributed by atoms with Crippen LogP contribution in [0, 0.1) is 0 Å². The van der Waals surface area contributed by atoms with Crippen molar-refractivity contribution in [1.29, 1.82) is 0 Å². The van der Waals surface area contributed by atoms with Crippen LogP contribution in [0.15, 0.2) is 400 Å². The lowest BCUT2D eigenvalue weighted by Crippen LogP contribution is -2.32. The highest BCUT2D eigenvalue weighted by molar-refractivity contribution is 6.00. The van der Waals surface area contributed by atoms with Crippen LogP contribution >= 0.6 is 0 Å². The topological polar surface area (TPSA) is 3.24 Å². The molecule has 0 amide bonds. The fraction of sp³-hybridized carbons (Fsp3) is 0.0303. The molecule has 15 aromatic carbocycles. The van der Waals surface area contributed by atoms with Crippen LogP contribution in [-0.2, 0) is 16.2 Å². The molecule has 0 saturated heterocycles. The molecule has 3 aliphatic rings. The van der Waals surface area contributed by atoms with Crippen LogP contribution < -0.4 is 4.90 Å². The second-order valence-corrected chi connectivity index (χ2v) is 26.5. The Hall–Kier alpha value is -12.7. The van der Waals surface area contributed by atoms with Gasteiger partial charge in [0.25, 0.3) is 0 Å². The van der Waals surface area contributed by atoms with Gasteiger partial charge in [-0.25, -0.2) is 0 Å². The fourth-order valence-corrected chi connectivity index (χ4v) is 17.2. The van der Waals surface area contributed by atoms with Crippen molar-refractivity contribution in [2.75, 3.05) is 4.90 Å². The van der Waals surface area contributed by atoms with E-state index < -0.39 is 16.2 Å². The molecule has 0 heterocycles. The summed E-state index contributed by atoms with van der Waals surface area (Å²) in [7, 11) is 0. The van der Waals surface area contributed by atoms with Gasteiger partial charge < -0.3 is 4.90 Å². The van der Waals surface area contributed by atoms with E-state index in [1.54, 1.807) is 0 Å². The molecule has 0 unspecified atom stereocenters. The molecule has 0 N–H and O–H groups in total. The lowest BCUT2D eigenvalue weighted by molar-refractivity contribution is 0.743. The summed E-state index contributed by atoms with van der Waals surface area (Å²) in [6.07, 6.45) is 7.28. The summed E-state index contributed by atoms with van der Waals surface area (Å²) in [6, 6.07) is 149. The van der Waals surface area contributed by atoms with Crippen LogP contribution in [0.5, 0.6) is 0 Å². The van der Waals surface area contributed by atoms with Crippen molar-refractivity contribution in [3.8, 4) is 0 Å². The summed E-state index contributed by atoms with van der Waals surface area (Å²) < 4.78 is 0. The van der Waals surface area contributed by atoms with Gasteiger partial charge in [0, 0.05) is 17.1 Å². The molecule has 100 heavy (non-hydrogen) atoms. The van der Waals surface area contributed by atoms with Crippen LogP contribution in [0.2, 0.25) is 0 Å². The minimum absolute atomic E-state index is 0.598. The first-order valence-electron chi connectivity index (χ1n) is 34.8. The molecule has 470 valence electrons. The molecule has 15 aromatic rings. The molecular formula is C99H69N. The highest BCUT2D eigenvalue weighted by Gasteiger charge is 2.46. The second kappa shape index (κ2) is 25.1. The molecule has 1 nitrogen and oxygen atoms in total. The third kappa shape index (κ3) is 9.60. The van der Waals surface area contributed by atoms with Crippen LogP contribution in [-0.4, -0.2) is 0 Å². The number of fused-ring (bicyclic) bond motifs is 6. The van der Waals surface area contributed by atoms with Crippen molar-refractivity contribution in [3.63, 3.8) is 0 Å². The molecule has 0 saturated carbocycles. The summed E-state index contributed by atoms with van der Waals surface area (Å²) in [4.78, 5) is 2.43. The lowest BCUT2D eigenvalue weighted by Gasteiger charge is -2.38. The quantitative estimate of drug-likeness (QED) is 0.118. The molecule has 0 spiro atoms. The van der Waals surface area contributed by atoms with E-state index in [-0.39, 0.29) is 0 Å². The zero-order valence-corrected chi connectivity index (χ0v) is 55.3. The van der Waals surface area contributed by atoms with Crippen LogP contribution in [0.4, 0.5) is 17.1 Å². The normalized spacial score (nSPS) is 14.2. The Balaban J connectivity index is 0.794. The minimum Gasteiger partial charge on any atom is -0.311 e. The molecule has 0 fully saturated rings. The number of benzene rings is 15. The first kappa shape index (κ1) is 59.8. The van der Waals surface area contributed by atoms with Gasteiger partial charge in [0.2, 0.25) is 0 Å². The lowest BCUT2D eigenvalue weighted by atomic mass is 9.63. The van der Waals surface area contributed by atoms with Crippen molar-refractivity contribution in [1.82, 2.24) is 0 Å². The zero-order chi connectivity index (χ0) is 66.5. The standard InChI is InChI=1S/C99H69N/c1-7-34-76(35-8-1)97(77-36-9-2-10-37-77)91-49-25-19-31-73(91)67-88(85-46-22-28-52-94(85)97)70-55-61-82(62-56-70)100(83-63-57-71(58-64-83)89-68-74-32-20-26-50-92(74)98(78-38-11-3-12-39-78,79-40-13-4-14-41-79)95-53-29-23-47-86(89)95)84-65-59-72(60-66-84)90-69-75-33-21-27-51-93(75)99(80-42-15-5-16-43-80,81-44-17-6-18-45-81)96-54-30-24-48-87(90)96/h1-69H. The Kier molecular flexibility index (Phi) is 15.0. The summed E-state index contributed by atoms with van der Waals surface area (Å²) in [5.41, 5.74) is 30.3. The Morgan fingerprint density at radius 1 is 0.160 bits per heavy atom. The Morgan fingerprint density at radius 2 is 0.350 bits per heavy atom. The molecule has 0 bridgehead atoms. The van der Waals surface area contributed by atoms with Crippen LogP contribution in [0.1, 0.15) is 117 Å². The van der Waals surface area contributed by atoms with Crippen LogP contribution in [0.25, 0.3) is 34.9 Å². The zero-order valence-electron chi connectivity index (χ0n) is 55.3. The maximum atomic E-state index is 2.43. The maximum absolute atomic E-state index is 2.43. The van der Waals surface area contributed by atoms with Gasteiger partial charge in [-0.15, -0.1) is 0 Å². The molecule has 1 heteroatoms. The highest BCUT2D eigenvalue weighted by atomic mass is 15.1. The molecular weight excluding hydrogens is 1200 g/mol. The van der Waals surface area contributed by atoms with Crippen molar-refractivity contribution >= 4 is 52.0 Å². The molecule has 3 aliphatic carbocycles. The highest BCUT2D eigenvalue weighted by Crippen LogP contribution is 2.56. The number of anilines is 3. The first-order valence-corrected chi connectivity index (χ1v) is 34.8. The van der Waals surface area contributed by atoms with Gasteiger partial charge >= 0.3 is 0 Å². The second-order valence-electron chi connectivity index (χ2n) is 26.5. The van der Waals surface area contributed by atoms with Gasteiger partial charge in [0.15, 0.2) is 0 Å². The van der Waals surface area contributed by atoms with E-state index >= 15 is 0 Å². The monoisotopic (exact) mass is 1270 g/mol. The molecule has 0 atom stereocenters. The Labute approximate surface area is 586 Å². The number of rotatable bonds is 12. The molecule has 0 radical (unpaired) electrons. The van der Waals surface area contributed by atoms with E-state index in [2.05, 4.69) is 424 Å². The van der Waals surface area contributed by atoms with E-state index in [1.807, 2.05) is 0 Å². The Bertz CT molecular complexity index is 4920. The summed E-state index contributed by atoms with van der Waals surface area (Å²) in [5.74, 6) is 0. The smallest absolute Gasteiger partial charge is 0.0713 e. The van der Waals surface area contributed by atoms with E-state index in [0.717, 1.165) is 33.8 Å². The van der Waals surface area contributed by atoms with E-state index in [4.69, 9.17) is 0 Å². The van der Waals surface area contributed by atoms with E-state index in [9.17, 15) is 0 Å². The number of hydrogen-bond donors (Lipinski definition) is 0. The predicted molar refractivity (Wildman–Crippen MR) is 416 cm³/mol. The van der Waals surface area contributed by atoms with Gasteiger partial charge in [0.1, 0.15) is 0 Å². The molecule has 0 aliphatic heterocycles. The number of nitrogens with zero attached hydrogens (tertiary/aromatic N) is 1. The van der Waals surface area contributed by atoms with Crippen LogP contribution in [0.3, 0.4) is 0 Å². The van der Waals surface area contributed by atoms with Crippen molar-refractivity contribution < 1.29 is 0 Å². The molecule has 18 rings (SSSR count). The largest absolute Gasteiger partial charge is 0.311 e. The maximum Gasteiger partial charge on any atom is 0.0713 e.